The fourth-order valence-electron chi connectivity index (χ4n) is 2.50. The number of nitrogens with two attached hydrogens (primary N) is 2. The van der Waals surface area contributed by atoms with E-state index in [0.717, 1.165) is 17.7 Å². The lowest BCUT2D eigenvalue weighted by atomic mass is 9.87. The second-order valence-electron chi connectivity index (χ2n) is 5.15. The molecule has 0 spiro atoms. The highest BCUT2D eigenvalue weighted by molar-refractivity contribution is 5.50. The minimum Gasteiger partial charge on any atom is -0.496 e. The van der Waals surface area contributed by atoms with Crippen LogP contribution in [0.2, 0.25) is 0 Å². The average molecular weight is 250 g/mol. The van der Waals surface area contributed by atoms with Gasteiger partial charge in [-0.1, -0.05) is 13.0 Å². The summed E-state index contributed by atoms with van der Waals surface area (Å²) in [5, 5.41) is 0. The first-order valence-corrected chi connectivity index (χ1v) is 6.54. The summed E-state index contributed by atoms with van der Waals surface area (Å²) in [5.41, 5.74) is 16.7. The van der Waals surface area contributed by atoms with Crippen LogP contribution in [0.25, 0.3) is 0 Å². The zero-order valence-electron chi connectivity index (χ0n) is 12.2. The van der Waals surface area contributed by atoms with Crippen LogP contribution in [-0.2, 0) is 0 Å². The van der Waals surface area contributed by atoms with Crippen molar-refractivity contribution in [2.45, 2.75) is 40.2 Å². The Hall–Kier alpha value is -1.06. The molecule has 0 saturated heterocycles. The maximum absolute atomic E-state index is 6.36. The number of rotatable bonds is 5. The molecule has 102 valence electrons. The Morgan fingerprint density at radius 2 is 1.83 bits per heavy atom. The summed E-state index contributed by atoms with van der Waals surface area (Å²) in [7, 11) is 1.71. The van der Waals surface area contributed by atoms with Crippen LogP contribution >= 0.6 is 0 Å². The Morgan fingerprint density at radius 3 is 2.33 bits per heavy atom. The van der Waals surface area contributed by atoms with Crippen LogP contribution in [0.1, 0.15) is 41.6 Å². The fourth-order valence-corrected chi connectivity index (χ4v) is 2.50. The summed E-state index contributed by atoms with van der Waals surface area (Å²) in [6.07, 6.45) is 0.949. The molecular formula is C15H26N2O. The van der Waals surface area contributed by atoms with E-state index in [1.165, 1.54) is 16.7 Å². The molecule has 0 saturated carbocycles. The van der Waals surface area contributed by atoms with Crippen LogP contribution in [0, 0.1) is 26.7 Å². The van der Waals surface area contributed by atoms with E-state index in [1.54, 1.807) is 7.11 Å². The minimum absolute atomic E-state index is 0.0388. The normalized spacial score (nSPS) is 14.4. The summed E-state index contributed by atoms with van der Waals surface area (Å²) >= 11 is 0. The molecule has 4 N–H and O–H groups in total. The van der Waals surface area contributed by atoms with Gasteiger partial charge in [0.05, 0.1) is 7.11 Å². The zero-order chi connectivity index (χ0) is 13.9. The van der Waals surface area contributed by atoms with E-state index in [2.05, 4.69) is 33.8 Å². The van der Waals surface area contributed by atoms with Crippen LogP contribution in [0.4, 0.5) is 0 Å². The van der Waals surface area contributed by atoms with E-state index in [-0.39, 0.29) is 6.04 Å². The Bertz CT molecular complexity index is 415. The van der Waals surface area contributed by atoms with E-state index in [1.807, 2.05) is 0 Å². The SMILES string of the molecule is COc1c(C)cc(C(N)C(C)CCN)c(C)c1C. The lowest BCUT2D eigenvalue weighted by Gasteiger charge is -2.24. The molecule has 1 aromatic carbocycles. The Morgan fingerprint density at radius 1 is 1.22 bits per heavy atom. The first kappa shape index (κ1) is 15.0. The number of methoxy groups -OCH3 is 1. The molecule has 1 aromatic rings. The van der Waals surface area contributed by atoms with Crippen molar-refractivity contribution in [1.29, 1.82) is 0 Å². The molecule has 0 aromatic heterocycles. The van der Waals surface area contributed by atoms with Crippen molar-refractivity contribution in [3.63, 3.8) is 0 Å². The second-order valence-corrected chi connectivity index (χ2v) is 5.15. The van der Waals surface area contributed by atoms with Gasteiger partial charge in [-0.2, -0.15) is 0 Å². The number of aryl methyl sites for hydroxylation is 1. The van der Waals surface area contributed by atoms with Gasteiger partial charge >= 0.3 is 0 Å². The molecule has 2 atom stereocenters. The van der Waals surface area contributed by atoms with Crippen molar-refractivity contribution >= 4 is 0 Å². The molecule has 2 unspecified atom stereocenters. The van der Waals surface area contributed by atoms with Crippen LogP contribution in [-0.4, -0.2) is 13.7 Å². The highest BCUT2D eigenvalue weighted by atomic mass is 16.5. The lowest BCUT2D eigenvalue weighted by molar-refractivity contribution is 0.405. The van der Waals surface area contributed by atoms with Crippen LogP contribution < -0.4 is 16.2 Å². The summed E-state index contributed by atoms with van der Waals surface area (Å²) in [6.45, 7) is 9.11. The third kappa shape index (κ3) is 2.85. The third-order valence-corrected chi connectivity index (χ3v) is 3.86. The summed E-state index contributed by atoms with van der Waals surface area (Å²) < 4.78 is 5.44. The number of ether oxygens (including phenoxy) is 1. The van der Waals surface area contributed by atoms with Crippen molar-refractivity contribution in [1.82, 2.24) is 0 Å². The van der Waals surface area contributed by atoms with E-state index in [0.29, 0.717) is 12.5 Å². The maximum atomic E-state index is 6.36. The van der Waals surface area contributed by atoms with Gasteiger partial charge in [0, 0.05) is 6.04 Å². The molecule has 0 aliphatic rings. The number of benzene rings is 1. The zero-order valence-corrected chi connectivity index (χ0v) is 12.2. The molecule has 0 aliphatic heterocycles. The first-order valence-electron chi connectivity index (χ1n) is 6.54. The van der Waals surface area contributed by atoms with Gasteiger partial charge in [0.2, 0.25) is 0 Å². The van der Waals surface area contributed by atoms with Gasteiger partial charge < -0.3 is 16.2 Å². The molecule has 0 amide bonds. The molecule has 0 heterocycles. The molecule has 0 bridgehead atoms. The van der Waals surface area contributed by atoms with Gasteiger partial charge in [-0.15, -0.1) is 0 Å². The molecule has 1 rings (SSSR count). The standard InChI is InChI=1S/C15H26N2O/c1-9(6-7-16)14(17)13-8-10(2)15(18-5)12(4)11(13)3/h8-9,14H,6-7,16-17H2,1-5H3. The van der Waals surface area contributed by atoms with Gasteiger partial charge in [-0.05, 0) is 61.9 Å². The van der Waals surface area contributed by atoms with Crippen LogP contribution in [0.15, 0.2) is 6.07 Å². The van der Waals surface area contributed by atoms with Gasteiger partial charge in [0.1, 0.15) is 5.75 Å². The molecule has 0 fully saturated rings. The molecule has 0 radical (unpaired) electrons. The van der Waals surface area contributed by atoms with Gasteiger partial charge in [0.25, 0.3) is 0 Å². The quantitative estimate of drug-likeness (QED) is 0.844. The van der Waals surface area contributed by atoms with E-state index in [4.69, 9.17) is 16.2 Å². The van der Waals surface area contributed by atoms with Crippen molar-refractivity contribution in [2.75, 3.05) is 13.7 Å². The molecule has 3 heteroatoms. The smallest absolute Gasteiger partial charge is 0.124 e. The monoisotopic (exact) mass is 250 g/mol. The minimum atomic E-state index is 0.0388. The third-order valence-electron chi connectivity index (χ3n) is 3.86. The van der Waals surface area contributed by atoms with Crippen molar-refractivity contribution in [3.8, 4) is 5.75 Å². The highest BCUT2D eigenvalue weighted by Gasteiger charge is 2.19. The van der Waals surface area contributed by atoms with Crippen LogP contribution in [0.3, 0.4) is 0 Å². The largest absolute Gasteiger partial charge is 0.496 e. The Kier molecular flexibility index (Phi) is 5.17. The van der Waals surface area contributed by atoms with Gasteiger partial charge in [-0.3, -0.25) is 0 Å². The number of hydrogen-bond acceptors (Lipinski definition) is 3. The second kappa shape index (κ2) is 6.21. The topological polar surface area (TPSA) is 61.3 Å². The first-order chi connectivity index (χ1) is 8.43. The lowest BCUT2D eigenvalue weighted by Crippen LogP contribution is -2.23. The van der Waals surface area contributed by atoms with E-state index in [9.17, 15) is 0 Å². The van der Waals surface area contributed by atoms with Crippen molar-refractivity contribution < 1.29 is 4.74 Å². The highest BCUT2D eigenvalue weighted by Crippen LogP contribution is 2.33. The van der Waals surface area contributed by atoms with Gasteiger partial charge in [0.15, 0.2) is 0 Å². The fraction of sp³-hybridized carbons (Fsp3) is 0.600. The summed E-state index contributed by atoms with van der Waals surface area (Å²) in [4.78, 5) is 0. The Labute approximate surface area is 111 Å². The summed E-state index contributed by atoms with van der Waals surface area (Å²) in [6, 6.07) is 2.19. The molecular weight excluding hydrogens is 224 g/mol. The predicted molar refractivity (Wildman–Crippen MR) is 77.0 cm³/mol. The predicted octanol–water partition coefficient (Wildman–Crippen LogP) is 2.61. The average Bonchev–Trinajstić information content (AvgIpc) is 2.34. The summed E-state index contributed by atoms with van der Waals surface area (Å²) in [5.74, 6) is 1.36. The molecule has 0 aliphatic carbocycles. The molecule has 18 heavy (non-hydrogen) atoms. The van der Waals surface area contributed by atoms with Crippen molar-refractivity contribution in [3.05, 3.63) is 28.3 Å². The van der Waals surface area contributed by atoms with E-state index < -0.39 is 0 Å². The van der Waals surface area contributed by atoms with Crippen LogP contribution in [0.5, 0.6) is 5.75 Å². The van der Waals surface area contributed by atoms with E-state index >= 15 is 0 Å². The number of hydrogen-bond donors (Lipinski definition) is 2. The van der Waals surface area contributed by atoms with Gasteiger partial charge in [-0.25, -0.2) is 0 Å². The Balaban J connectivity index is 3.18. The molecule has 3 nitrogen and oxygen atoms in total. The maximum Gasteiger partial charge on any atom is 0.124 e. The van der Waals surface area contributed by atoms with Crippen molar-refractivity contribution in [2.24, 2.45) is 17.4 Å².